The van der Waals surface area contributed by atoms with E-state index in [0.717, 1.165) is 11.1 Å². The SMILES string of the molecule is C[CH]C(=O)Nc1ccc2ccccc2c1. The largest absolute Gasteiger partial charge is 0.326 e. The molecule has 0 spiro atoms. The second-order valence-corrected chi connectivity index (χ2v) is 3.34. The quantitative estimate of drug-likeness (QED) is 0.789. The van der Waals surface area contributed by atoms with E-state index in [1.807, 2.05) is 42.5 Å². The van der Waals surface area contributed by atoms with Crippen molar-refractivity contribution in [3.63, 3.8) is 0 Å². The van der Waals surface area contributed by atoms with Gasteiger partial charge >= 0.3 is 0 Å². The maximum absolute atomic E-state index is 11.2. The van der Waals surface area contributed by atoms with Gasteiger partial charge in [-0.25, -0.2) is 0 Å². The fourth-order valence-corrected chi connectivity index (χ4v) is 1.48. The Kier molecular flexibility index (Phi) is 2.68. The summed E-state index contributed by atoms with van der Waals surface area (Å²) in [7, 11) is 0. The third-order valence-electron chi connectivity index (χ3n) is 2.28. The van der Waals surface area contributed by atoms with Crippen LogP contribution in [-0.2, 0) is 4.79 Å². The first kappa shape index (κ1) is 9.71. The van der Waals surface area contributed by atoms with Crippen LogP contribution >= 0.6 is 0 Å². The number of hydrogen-bond donors (Lipinski definition) is 1. The van der Waals surface area contributed by atoms with Gasteiger partial charge in [-0.15, -0.1) is 0 Å². The van der Waals surface area contributed by atoms with Gasteiger partial charge in [-0.1, -0.05) is 37.3 Å². The molecule has 15 heavy (non-hydrogen) atoms. The zero-order chi connectivity index (χ0) is 10.7. The third-order valence-corrected chi connectivity index (χ3v) is 2.28. The van der Waals surface area contributed by atoms with Gasteiger partial charge in [-0.05, 0) is 22.9 Å². The van der Waals surface area contributed by atoms with Crippen molar-refractivity contribution in [2.24, 2.45) is 0 Å². The Morgan fingerprint density at radius 2 is 1.87 bits per heavy atom. The van der Waals surface area contributed by atoms with Crippen molar-refractivity contribution in [3.8, 4) is 0 Å². The second kappa shape index (κ2) is 4.13. The lowest BCUT2D eigenvalue weighted by Gasteiger charge is -2.04. The predicted molar refractivity (Wildman–Crippen MR) is 62.6 cm³/mol. The van der Waals surface area contributed by atoms with Crippen molar-refractivity contribution >= 4 is 22.4 Å². The van der Waals surface area contributed by atoms with E-state index in [2.05, 4.69) is 5.32 Å². The molecular formula is C13H12NO. The molecule has 2 nitrogen and oxygen atoms in total. The van der Waals surface area contributed by atoms with Crippen LogP contribution in [0.1, 0.15) is 6.92 Å². The molecule has 0 unspecified atom stereocenters. The molecule has 0 saturated carbocycles. The zero-order valence-electron chi connectivity index (χ0n) is 8.53. The van der Waals surface area contributed by atoms with Gasteiger partial charge in [0, 0.05) is 12.1 Å². The number of carbonyl (C=O) groups excluding carboxylic acids is 1. The fourth-order valence-electron chi connectivity index (χ4n) is 1.48. The number of fused-ring (bicyclic) bond motifs is 1. The smallest absolute Gasteiger partial charge is 0.227 e. The molecule has 0 fully saturated rings. The summed E-state index contributed by atoms with van der Waals surface area (Å²) in [5.74, 6) is -0.0784. The molecule has 2 aromatic rings. The van der Waals surface area contributed by atoms with Crippen molar-refractivity contribution < 1.29 is 4.79 Å². The van der Waals surface area contributed by atoms with E-state index >= 15 is 0 Å². The van der Waals surface area contributed by atoms with Crippen LogP contribution in [0.2, 0.25) is 0 Å². The average molecular weight is 198 g/mol. The van der Waals surface area contributed by atoms with E-state index in [-0.39, 0.29) is 5.91 Å². The summed E-state index contributed by atoms with van der Waals surface area (Å²) in [5.41, 5.74) is 0.830. The van der Waals surface area contributed by atoms with Crippen LogP contribution in [0.5, 0.6) is 0 Å². The molecule has 1 amide bonds. The number of amides is 1. The molecule has 2 rings (SSSR count). The van der Waals surface area contributed by atoms with Crippen molar-refractivity contribution in [2.75, 3.05) is 5.32 Å². The van der Waals surface area contributed by atoms with Gasteiger partial charge in [0.05, 0.1) is 0 Å². The lowest BCUT2D eigenvalue weighted by Crippen LogP contribution is -2.09. The molecule has 0 aromatic heterocycles. The number of rotatable bonds is 2. The Labute approximate surface area is 88.9 Å². The van der Waals surface area contributed by atoms with Crippen LogP contribution in [0.25, 0.3) is 10.8 Å². The molecule has 0 aliphatic carbocycles. The monoisotopic (exact) mass is 198 g/mol. The first-order valence-corrected chi connectivity index (χ1v) is 4.89. The summed E-state index contributed by atoms with van der Waals surface area (Å²) in [6.45, 7) is 1.72. The Hall–Kier alpha value is -1.83. The molecule has 0 bridgehead atoms. The molecule has 0 aliphatic rings. The molecule has 75 valence electrons. The van der Waals surface area contributed by atoms with Crippen molar-refractivity contribution in [1.29, 1.82) is 0 Å². The Morgan fingerprint density at radius 3 is 2.60 bits per heavy atom. The summed E-state index contributed by atoms with van der Waals surface area (Å²) in [5, 5.41) is 5.10. The van der Waals surface area contributed by atoms with Crippen molar-refractivity contribution in [2.45, 2.75) is 6.92 Å². The van der Waals surface area contributed by atoms with Crippen LogP contribution in [0, 0.1) is 6.42 Å². The molecule has 0 saturated heterocycles. The number of nitrogens with one attached hydrogen (secondary N) is 1. The third kappa shape index (κ3) is 2.15. The molecule has 1 N–H and O–H groups in total. The van der Waals surface area contributed by atoms with E-state index in [1.54, 1.807) is 6.92 Å². The highest BCUT2D eigenvalue weighted by molar-refractivity contribution is 5.98. The van der Waals surface area contributed by atoms with Crippen molar-refractivity contribution in [1.82, 2.24) is 0 Å². The topological polar surface area (TPSA) is 29.1 Å². The van der Waals surface area contributed by atoms with Gasteiger partial charge in [-0.2, -0.15) is 0 Å². The van der Waals surface area contributed by atoms with Gasteiger partial charge in [-0.3, -0.25) is 4.79 Å². The Morgan fingerprint density at radius 1 is 1.13 bits per heavy atom. The molecular weight excluding hydrogens is 186 g/mol. The molecule has 0 atom stereocenters. The zero-order valence-corrected chi connectivity index (χ0v) is 8.53. The minimum atomic E-state index is -0.0784. The summed E-state index contributed by atoms with van der Waals surface area (Å²) < 4.78 is 0. The molecule has 0 aliphatic heterocycles. The Bertz CT molecular complexity index is 491. The van der Waals surface area contributed by atoms with Crippen molar-refractivity contribution in [3.05, 3.63) is 48.9 Å². The van der Waals surface area contributed by atoms with Gasteiger partial charge in [0.15, 0.2) is 0 Å². The summed E-state index contributed by atoms with van der Waals surface area (Å²) in [4.78, 5) is 11.2. The van der Waals surface area contributed by atoms with E-state index < -0.39 is 0 Å². The second-order valence-electron chi connectivity index (χ2n) is 3.34. The van der Waals surface area contributed by atoms with E-state index in [4.69, 9.17) is 0 Å². The lowest BCUT2D eigenvalue weighted by molar-refractivity contribution is -0.113. The van der Waals surface area contributed by atoms with Gasteiger partial charge in [0.2, 0.25) is 5.91 Å². The number of hydrogen-bond acceptors (Lipinski definition) is 1. The number of carbonyl (C=O) groups is 1. The van der Waals surface area contributed by atoms with Crippen LogP contribution in [0.4, 0.5) is 5.69 Å². The van der Waals surface area contributed by atoms with E-state index in [0.29, 0.717) is 0 Å². The average Bonchev–Trinajstić information content (AvgIpc) is 2.29. The first-order valence-electron chi connectivity index (χ1n) is 4.89. The van der Waals surface area contributed by atoms with Gasteiger partial charge < -0.3 is 5.32 Å². The standard InChI is InChI=1S/C13H12NO/c1-2-13(15)14-12-8-7-10-5-3-4-6-11(10)9-12/h2-9H,1H3,(H,14,15). The first-order chi connectivity index (χ1) is 7.29. The van der Waals surface area contributed by atoms with Crippen LogP contribution in [0.3, 0.4) is 0 Å². The highest BCUT2D eigenvalue weighted by Gasteiger charge is 1.99. The van der Waals surface area contributed by atoms with Crippen LogP contribution < -0.4 is 5.32 Å². The summed E-state index contributed by atoms with van der Waals surface area (Å²) in [6.07, 6.45) is 1.51. The Balaban J connectivity index is 2.34. The normalized spacial score (nSPS) is 10.2. The van der Waals surface area contributed by atoms with Gasteiger partial charge in [0.25, 0.3) is 0 Å². The van der Waals surface area contributed by atoms with Crippen LogP contribution in [-0.4, -0.2) is 5.91 Å². The maximum Gasteiger partial charge on any atom is 0.227 e. The van der Waals surface area contributed by atoms with E-state index in [1.165, 1.54) is 11.8 Å². The number of anilines is 1. The molecule has 0 heterocycles. The lowest BCUT2D eigenvalue weighted by atomic mass is 10.1. The maximum atomic E-state index is 11.2. The predicted octanol–water partition coefficient (Wildman–Crippen LogP) is 3.00. The number of benzene rings is 2. The van der Waals surface area contributed by atoms with Gasteiger partial charge in [0.1, 0.15) is 0 Å². The molecule has 1 radical (unpaired) electrons. The van der Waals surface area contributed by atoms with Crippen LogP contribution in [0.15, 0.2) is 42.5 Å². The highest BCUT2D eigenvalue weighted by atomic mass is 16.1. The minimum Gasteiger partial charge on any atom is -0.326 e. The molecule has 2 aromatic carbocycles. The minimum absolute atomic E-state index is 0.0784. The van der Waals surface area contributed by atoms with E-state index in [9.17, 15) is 4.79 Å². The highest BCUT2D eigenvalue weighted by Crippen LogP contribution is 2.18. The summed E-state index contributed by atoms with van der Waals surface area (Å²) >= 11 is 0. The summed E-state index contributed by atoms with van der Waals surface area (Å²) in [6, 6.07) is 13.9. The fraction of sp³-hybridized carbons (Fsp3) is 0.0769. The molecule has 2 heteroatoms.